The van der Waals surface area contributed by atoms with Crippen molar-refractivity contribution in [2.24, 2.45) is 0 Å². The van der Waals surface area contributed by atoms with Gasteiger partial charge in [-0.25, -0.2) is 9.59 Å². The van der Waals surface area contributed by atoms with Gasteiger partial charge in [0.05, 0.1) is 11.1 Å². The Morgan fingerprint density at radius 2 is 0.849 bits per heavy atom. The first-order chi connectivity index (χ1) is 25.1. The van der Waals surface area contributed by atoms with Gasteiger partial charge in [-0.2, -0.15) is 0 Å². The highest BCUT2D eigenvalue weighted by atomic mass is 16.4. The Labute approximate surface area is 308 Å². The van der Waals surface area contributed by atoms with E-state index in [0.29, 0.717) is 22.3 Å². The fourth-order valence-electron chi connectivity index (χ4n) is 8.30. The van der Waals surface area contributed by atoms with Crippen LogP contribution in [0.3, 0.4) is 0 Å². The summed E-state index contributed by atoms with van der Waals surface area (Å²) < 4.78 is 11.9. The van der Waals surface area contributed by atoms with E-state index in [-0.39, 0.29) is 27.5 Å². The average molecular weight is 695 g/mol. The van der Waals surface area contributed by atoms with Gasteiger partial charge in [0.15, 0.2) is 0 Å². The first-order valence-electron chi connectivity index (χ1n) is 18.4. The summed E-state index contributed by atoms with van der Waals surface area (Å²) in [6, 6.07) is 37.4. The maximum absolute atomic E-state index is 13.6. The quantitative estimate of drug-likeness (QED) is 0.133. The lowest BCUT2D eigenvalue weighted by molar-refractivity contribution is 0.563. The normalized spacial score (nSPS) is 14.0. The molecule has 0 bridgehead atoms. The maximum atomic E-state index is 13.6. The molecule has 4 nitrogen and oxygen atoms in total. The van der Waals surface area contributed by atoms with Crippen molar-refractivity contribution in [3.8, 4) is 33.4 Å². The van der Waals surface area contributed by atoms with Crippen LogP contribution < -0.4 is 11.3 Å². The highest BCUT2D eigenvalue weighted by molar-refractivity contribution is 6.08. The molecule has 8 aromatic rings. The average Bonchev–Trinajstić information content (AvgIpc) is 3.34. The molecule has 9 rings (SSSR count). The summed E-state index contributed by atoms with van der Waals surface area (Å²) in [7, 11) is 0. The second-order valence-electron chi connectivity index (χ2n) is 17.4. The highest BCUT2D eigenvalue weighted by Crippen LogP contribution is 2.50. The summed E-state index contributed by atoms with van der Waals surface area (Å²) in [6.45, 7) is 17.7. The number of hydrogen-bond acceptors (Lipinski definition) is 4. The van der Waals surface area contributed by atoms with Gasteiger partial charge in [-0.1, -0.05) is 128 Å². The topological polar surface area (TPSA) is 60.4 Å². The molecule has 0 atom stereocenters. The summed E-state index contributed by atoms with van der Waals surface area (Å²) >= 11 is 0. The van der Waals surface area contributed by atoms with E-state index in [1.54, 1.807) is 0 Å². The molecule has 0 unspecified atom stereocenters. The molecule has 1 aliphatic carbocycles. The molecule has 2 aromatic heterocycles. The van der Waals surface area contributed by atoms with Crippen LogP contribution in [-0.4, -0.2) is 0 Å². The van der Waals surface area contributed by atoms with Gasteiger partial charge in [0.1, 0.15) is 11.2 Å². The van der Waals surface area contributed by atoms with Crippen molar-refractivity contribution in [1.82, 2.24) is 0 Å². The summed E-state index contributed by atoms with van der Waals surface area (Å²) in [6.07, 6.45) is 0. The maximum Gasteiger partial charge on any atom is 0.344 e. The predicted molar refractivity (Wildman–Crippen MR) is 219 cm³/mol. The highest BCUT2D eigenvalue weighted by Gasteiger charge is 2.36. The SMILES string of the molecule is CC(C)(C)c1ccc2c(ccc3oc(=O)c(-c4ccc5c(c4)-c4cc(-c6cc7c(ccc8cc(C(C)(C)C)ccc87)oc6=O)ccc4C5(C)C)cc32)c1. The first kappa shape index (κ1) is 33.1. The van der Waals surface area contributed by atoms with E-state index in [9.17, 15) is 9.59 Å². The van der Waals surface area contributed by atoms with Gasteiger partial charge in [-0.15, -0.1) is 0 Å². The Balaban J connectivity index is 1.18. The molecular weight excluding hydrogens is 653 g/mol. The van der Waals surface area contributed by atoms with E-state index in [1.165, 1.54) is 22.3 Å². The summed E-state index contributed by atoms with van der Waals surface area (Å²) in [5.41, 5.74) is 9.75. The van der Waals surface area contributed by atoms with Crippen LogP contribution in [0.1, 0.15) is 77.6 Å². The largest absolute Gasteiger partial charge is 0.422 e. The molecule has 0 radical (unpaired) electrons. The summed E-state index contributed by atoms with van der Waals surface area (Å²) in [4.78, 5) is 27.1. The molecule has 0 spiro atoms. The molecule has 6 aromatic carbocycles. The lowest BCUT2D eigenvalue weighted by atomic mass is 9.82. The molecule has 0 fully saturated rings. The fraction of sp³-hybridized carbons (Fsp3) is 0.224. The number of rotatable bonds is 2. The Morgan fingerprint density at radius 1 is 0.434 bits per heavy atom. The zero-order valence-electron chi connectivity index (χ0n) is 31.5. The van der Waals surface area contributed by atoms with Crippen LogP contribution >= 0.6 is 0 Å². The fourth-order valence-corrected chi connectivity index (χ4v) is 8.30. The van der Waals surface area contributed by atoms with Gasteiger partial charge in [0, 0.05) is 16.2 Å². The minimum absolute atomic E-state index is 0.0229. The van der Waals surface area contributed by atoms with Crippen LogP contribution in [0.15, 0.2) is 128 Å². The Morgan fingerprint density at radius 3 is 1.25 bits per heavy atom. The second kappa shape index (κ2) is 11.1. The third-order valence-corrected chi connectivity index (χ3v) is 11.5. The minimum atomic E-state index is -0.370. The van der Waals surface area contributed by atoms with Crippen LogP contribution in [0.5, 0.6) is 0 Å². The van der Waals surface area contributed by atoms with Gasteiger partial charge < -0.3 is 8.83 Å². The predicted octanol–water partition coefficient (Wildman–Crippen LogP) is 12.4. The Hall–Kier alpha value is -5.74. The second-order valence-corrected chi connectivity index (χ2v) is 17.4. The van der Waals surface area contributed by atoms with Crippen molar-refractivity contribution < 1.29 is 8.83 Å². The lowest BCUT2D eigenvalue weighted by Crippen LogP contribution is -2.15. The molecule has 1 aliphatic rings. The number of benzene rings is 6. The van der Waals surface area contributed by atoms with Crippen molar-refractivity contribution in [3.63, 3.8) is 0 Å². The Bertz CT molecular complexity index is 2770. The van der Waals surface area contributed by atoms with E-state index in [4.69, 9.17) is 8.83 Å². The standard InChI is InChI=1S/C49H42O4/c1-47(2,3)31-13-15-33-27(21-31)11-19-43-39(33)25-35(45(50)52-43)29-9-17-41-37(23-29)38-24-30(10-18-42(38)49(41,7)8)36-26-40-34-16-14-32(48(4,5)6)22-28(34)12-20-44(40)53-46(36)51/h9-26H,1-8H3. The van der Waals surface area contributed by atoms with Crippen molar-refractivity contribution >= 4 is 43.5 Å². The molecule has 0 saturated carbocycles. The van der Waals surface area contributed by atoms with E-state index < -0.39 is 0 Å². The van der Waals surface area contributed by atoms with E-state index in [1.807, 2.05) is 48.5 Å². The monoisotopic (exact) mass is 694 g/mol. The molecule has 0 amide bonds. The van der Waals surface area contributed by atoms with Crippen LogP contribution in [0.25, 0.3) is 76.9 Å². The van der Waals surface area contributed by atoms with Crippen LogP contribution in [0, 0.1) is 0 Å². The van der Waals surface area contributed by atoms with Gasteiger partial charge in [0.2, 0.25) is 0 Å². The molecule has 4 heteroatoms. The van der Waals surface area contributed by atoms with Crippen molar-refractivity contribution in [2.45, 2.75) is 71.6 Å². The van der Waals surface area contributed by atoms with Crippen LogP contribution in [0.2, 0.25) is 0 Å². The van der Waals surface area contributed by atoms with Crippen molar-refractivity contribution in [2.75, 3.05) is 0 Å². The first-order valence-corrected chi connectivity index (χ1v) is 18.4. The van der Waals surface area contributed by atoms with Gasteiger partial charge in [0.25, 0.3) is 0 Å². The smallest absolute Gasteiger partial charge is 0.344 e. The van der Waals surface area contributed by atoms with E-state index in [2.05, 4.69) is 116 Å². The zero-order valence-corrected chi connectivity index (χ0v) is 31.5. The molecule has 0 saturated heterocycles. The molecule has 2 heterocycles. The summed E-state index contributed by atoms with van der Waals surface area (Å²) in [5.74, 6) is 0. The number of hydrogen-bond donors (Lipinski definition) is 0. The molecule has 0 aliphatic heterocycles. The third kappa shape index (κ3) is 5.18. The number of fused-ring (bicyclic) bond motifs is 9. The molecular formula is C49H42O4. The van der Waals surface area contributed by atoms with Crippen molar-refractivity contribution in [1.29, 1.82) is 0 Å². The summed E-state index contributed by atoms with van der Waals surface area (Å²) in [5, 5.41) is 6.15. The van der Waals surface area contributed by atoms with Gasteiger partial charge >= 0.3 is 11.3 Å². The molecule has 262 valence electrons. The van der Waals surface area contributed by atoms with E-state index >= 15 is 0 Å². The zero-order chi connectivity index (χ0) is 37.2. The van der Waals surface area contributed by atoms with Crippen LogP contribution in [0.4, 0.5) is 0 Å². The van der Waals surface area contributed by atoms with Gasteiger partial charge in [-0.05, 0) is 113 Å². The minimum Gasteiger partial charge on any atom is -0.422 e. The molecule has 53 heavy (non-hydrogen) atoms. The van der Waals surface area contributed by atoms with Crippen LogP contribution in [-0.2, 0) is 16.2 Å². The van der Waals surface area contributed by atoms with Crippen molar-refractivity contribution in [3.05, 3.63) is 152 Å². The molecule has 0 N–H and O–H groups in total. The van der Waals surface area contributed by atoms with E-state index in [0.717, 1.165) is 54.6 Å². The lowest BCUT2D eigenvalue weighted by Gasteiger charge is -2.21. The third-order valence-electron chi connectivity index (χ3n) is 11.5. The Kier molecular flexibility index (Phi) is 6.96. The van der Waals surface area contributed by atoms with Gasteiger partial charge in [-0.3, -0.25) is 0 Å².